The Morgan fingerprint density at radius 3 is 1.88 bits per heavy atom. The smallest absolute Gasteiger partial charge is 0.148 e. The van der Waals surface area contributed by atoms with E-state index in [1.165, 1.54) is 11.1 Å². The molecule has 9 aromatic rings. The predicted molar refractivity (Wildman–Crippen MR) is 287 cm³/mol. The Kier molecular flexibility index (Phi) is 12.3. The van der Waals surface area contributed by atoms with Crippen molar-refractivity contribution in [3.05, 3.63) is 192 Å². The van der Waals surface area contributed by atoms with Crippen LogP contribution in [0.15, 0.2) is 158 Å². The van der Waals surface area contributed by atoms with Crippen LogP contribution >= 0.6 is 0 Å². The van der Waals surface area contributed by atoms with Gasteiger partial charge in [0, 0.05) is 48.2 Å². The molecule has 5 heteroatoms. The zero-order valence-corrected chi connectivity index (χ0v) is 44.0. The van der Waals surface area contributed by atoms with Crippen molar-refractivity contribution in [1.82, 2.24) is 14.5 Å². The van der Waals surface area contributed by atoms with Crippen LogP contribution in [0.1, 0.15) is 114 Å². The Morgan fingerprint density at radius 1 is 0.565 bits per heavy atom. The summed E-state index contributed by atoms with van der Waals surface area (Å²) in [6, 6.07) is 55.9. The second kappa shape index (κ2) is 18.9. The first kappa shape index (κ1) is 45.1. The van der Waals surface area contributed by atoms with Gasteiger partial charge in [0.2, 0.25) is 0 Å². The average molecular weight is 1090 g/mol. The second-order valence-electron chi connectivity index (χ2n) is 21.7. The Morgan fingerprint density at radius 2 is 1.23 bits per heavy atom. The number of aromatic hydroxyl groups is 1. The van der Waals surface area contributed by atoms with Gasteiger partial charge < -0.3 is 5.11 Å². The minimum absolute atomic E-state index is 0. The fourth-order valence-electron chi connectivity index (χ4n) is 9.11. The molecule has 0 amide bonds. The molecule has 0 radical (unpaired) electrons. The minimum atomic E-state index is -2.18. The minimum Gasteiger partial charge on any atom is -0.507 e. The third kappa shape index (κ3) is 9.93. The van der Waals surface area contributed by atoms with Crippen molar-refractivity contribution in [3.8, 4) is 78.6 Å². The molecule has 2 heterocycles. The summed E-state index contributed by atoms with van der Waals surface area (Å²) >= 11 is 0. The van der Waals surface area contributed by atoms with Gasteiger partial charge in [-0.3, -0.25) is 9.55 Å². The van der Waals surface area contributed by atoms with Crippen LogP contribution < -0.4 is 0 Å². The zero-order chi connectivity index (χ0) is 50.8. The van der Waals surface area contributed by atoms with Crippen LogP contribution in [0.25, 0.3) is 83.9 Å². The average Bonchev–Trinajstić information content (AvgIpc) is 3.72. The van der Waals surface area contributed by atoms with Crippen molar-refractivity contribution in [2.24, 2.45) is 0 Å². The summed E-state index contributed by atoms with van der Waals surface area (Å²) in [6.07, 6.45) is 1.79. The standard InChI is InChI=1S/C64H64N3O.Pt/c1-40(2)45-27-30-52(44-25-28-50(29-26-44)62(4,5)6)58(37-45)67-57-20-16-19-53(59(57)66-61(67)54-38-51(63(7,8)9)39-55(60(54)68)64(10,11)12)48-33-47(42-17-14-13-15-18-42)34-49(35-48)56-36-46(31-32-65-56)43-23-21-41(3)22-24-43;/h13-34,36-40,68H,1-12H3;/q-1;/i3D3;. The first-order chi connectivity index (χ1) is 33.5. The maximum atomic E-state index is 12.7. The van der Waals surface area contributed by atoms with E-state index < -0.39 is 6.85 Å². The molecule has 1 N–H and O–H groups in total. The van der Waals surface area contributed by atoms with E-state index in [0.29, 0.717) is 17.0 Å². The summed E-state index contributed by atoms with van der Waals surface area (Å²) in [4.78, 5) is 10.6. The van der Waals surface area contributed by atoms with Crippen LogP contribution in [0.4, 0.5) is 0 Å². The molecule has 0 aliphatic carbocycles. The van der Waals surface area contributed by atoms with E-state index in [4.69, 9.17) is 14.1 Å². The predicted octanol–water partition coefficient (Wildman–Crippen LogP) is 17.3. The van der Waals surface area contributed by atoms with Gasteiger partial charge in [0.05, 0.1) is 22.3 Å². The molecule has 2 aromatic heterocycles. The van der Waals surface area contributed by atoms with Crippen LogP contribution in [-0.2, 0) is 37.3 Å². The number of phenols is 1. The fourth-order valence-corrected chi connectivity index (χ4v) is 9.11. The van der Waals surface area contributed by atoms with Gasteiger partial charge in [-0.2, -0.15) is 0 Å². The number of para-hydroxylation sites is 1. The molecule has 0 atom stereocenters. The van der Waals surface area contributed by atoms with Crippen LogP contribution in [0, 0.1) is 12.9 Å². The van der Waals surface area contributed by atoms with Gasteiger partial charge in [-0.05, 0) is 92.2 Å². The van der Waals surface area contributed by atoms with Crippen molar-refractivity contribution in [3.63, 3.8) is 0 Å². The molecule has 4 nitrogen and oxygen atoms in total. The van der Waals surface area contributed by atoms with Crippen LogP contribution in [0.2, 0.25) is 0 Å². The van der Waals surface area contributed by atoms with E-state index in [0.717, 1.165) is 83.6 Å². The molecule has 0 saturated carbocycles. The maximum absolute atomic E-state index is 12.7. The van der Waals surface area contributed by atoms with Gasteiger partial charge in [-0.25, -0.2) is 4.98 Å². The molecule has 0 unspecified atom stereocenters. The van der Waals surface area contributed by atoms with E-state index in [9.17, 15) is 5.11 Å². The second-order valence-corrected chi connectivity index (χ2v) is 21.7. The Balaban J connectivity index is 0.00000693. The number of imidazole rings is 1. The summed E-state index contributed by atoms with van der Waals surface area (Å²) in [5.74, 6) is 1.12. The van der Waals surface area contributed by atoms with Crippen molar-refractivity contribution >= 4 is 11.0 Å². The molecule has 0 saturated heterocycles. The number of pyridine rings is 1. The first-order valence-corrected chi connectivity index (χ1v) is 23.8. The van der Waals surface area contributed by atoms with E-state index in [2.05, 4.69) is 184 Å². The van der Waals surface area contributed by atoms with Gasteiger partial charge in [0.1, 0.15) is 11.6 Å². The molecular formula is C64H64N3OPt-. The molecule has 0 bridgehead atoms. The maximum Gasteiger partial charge on any atom is 0.148 e. The first-order valence-electron chi connectivity index (χ1n) is 25.3. The number of aryl methyl sites for hydroxylation is 1. The van der Waals surface area contributed by atoms with Crippen LogP contribution in [0.5, 0.6) is 5.75 Å². The van der Waals surface area contributed by atoms with Crippen molar-refractivity contribution in [2.45, 2.75) is 105 Å². The Labute approximate surface area is 429 Å². The molecule has 9 rings (SSSR count). The number of aromatic nitrogens is 3. The number of hydrogen-bond acceptors (Lipinski definition) is 3. The number of benzene rings is 7. The van der Waals surface area contributed by atoms with Gasteiger partial charge >= 0.3 is 0 Å². The molecule has 0 aliphatic heterocycles. The quantitative estimate of drug-likeness (QED) is 0.154. The molecule has 0 spiro atoms. The number of rotatable bonds is 8. The van der Waals surface area contributed by atoms with E-state index in [1.807, 2.05) is 42.5 Å². The summed E-state index contributed by atoms with van der Waals surface area (Å²) in [7, 11) is 0. The molecular weight excluding hydrogens is 1020 g/mol. The number of fused-ring (bicyclic) bond motifs is 1. The Hall–Kier alpha value is -6.35. The van der Waals surface area contributed by atoms with Crippen molar-refractivity contribution < 1.29 is 30.3 Å². The van der Waals surface area contributed by atoms with Gasteiger partial charge in [0.15, 0.2) is 0 Å². The Bertz CT molecular complexity index is 3420. The third-order valence-electron chi connectivity index (χ3n) is 13.2. The summed E-state index contributed by atoms with van der Waals surface area (Å²) in [6.45, 7) is 22.1. The van der Waals surface area contributed by atoms with Gasteiger partial charge in [0.25, 0.3) is 0 Å². The monoisotopic (exact) mass is 1090 g/mol. The van der Waals surface area contributed by atoms with Crippen LogP contribution in [0.3, 0.4) is 0 Å². The topological polar surface area (TPSA) is 50.9 Å². The number of hydrogen-bond donors (Lipinski definition) is 1. The normalized spacial score (nSPS) is 13.0. The van der Waals surface area contributed by atoms with E-state index in [-0.39, 0.29) is 49.0 Å². The van der Waals surface area contributed by atoms with E-state index >= 15 is 0 Å². The summed E-state index contributed by atoms with van der Waals surface area (Å²) in [5, 5.41) is 12.7. The molecule has 0 fully saturated rings. The van der Waals surface area contributed by atoms with E-state index in [1.54, 1.807) is 18.3 Å². The SMILES string of the molecule is [2H]C([2H])([2H])c1ccc(-c2ccnc(-c3[c-]c(-c4cccc5c4nc(-c4cc(C(C)(C)C)cc(C(C)(C)C)c4O)n5-c4cc(C(C)C)ccc4-c4ccc(C(C)(C)C)cc4)cc(-c4ccccc4)c3)c2)cc1.[Pt]. The number of phenolic OH excluding ortho intramolecular Hbond substituents is 1. The molecule has 352 valence electrons. The largest absolute Gasteiger partial charge is 0.507 e. The van der Waals surface area contributed by atoms with Gasteiger partial charge in [-0.15, -0.1) is 23.8 Å². The molecule has 7 aromatic carbocycles. The third-order valence-corrected chi connectivity index (χ3v) is 13.2. The van der Waals surface area contributed by atoms with Crippen LogP contribution in [-0.4, -0.2) is 19.6 Å². The summed E-state index contributed by atoms with van der Waals surface area (Å²) in [5.41, 5.74) is 16.7. The zero-order valence-electron chi connectivity index (χ0n) is 44.7. The summed E-state index contributed by atoms with van der Waals surface area (Å²) < 4.78 is 26.0. The van der Waals surface area contributed by atoms with Crippen molar-refractivity contribution in [1.29, 1.82) is 0 Å². The molecule has 69 heavy (non-hydrogen) atoms. The van der Waals surface area contributed by atoms with Gasteiger partial charge in [-0.1, -0.05) is 214 Å². The number of nitrogens with zero attached hydrogens (tertiary/aromatic N) is 3. The fraction of sp³-hybridized carbons (Fsp3) is 0.250. The molecule has 0 aliphatic rings. The van der Waals surface area contributed by atoms with Crippen molar-refractivity contribution in [2.75, 3.05) is 0 Å².